The highest BCUT2D eigenvalue weighted by atomic mass is 29.3. The second-order valence-electron chi connectivity index (χ2n) is 9.53. The molecule has 0 fully saturated rings. The van der Waals surface area contributed by atoms with Gasteiger partial charge in [-0.25, -0.2) is 0 Å². The van der Waals surface area contributed by atoms with Gasteiger partial charge < -0.3 is 4.12 Å². The maximum Gasteiger partial charge on any atom is 0.173 e. The van der Waals surface area contributed by atoms with E-state index in [0.29, 0.717) is 0 Å². The maximum atomic E-state index is 7.32. The summed E-state index contributed by atoms with van der Waals surface area (Å²) < 4.78 is 7.32. The van der Waals surface area contributed by atoms with Crippen LogP contribution in [0, 0.1) is 0 Å². The number of unbranched alkanes of at least 4 members (excludes halogenated alkanes) is 1. The van der Waals surface area contributed by atoms with E-state index < -0.39 is 23.7 Å². The first kappa shape index (κ1) is 23.3. The number of benzene rings is 2. The van der Waals surface area contributed by atoms with E-state index in [1.54, 1.807) is 5.19 Å². The zero-order valence-electron chi connectivity index (χ0n) is 18.9. The molecule has 0 bridgehead atoms. The summed E-state index contributed by atoms with van der Waals surface area (Å²) in [6, 6.07) is 24.8. The van der Waals surface area contributed by atoms with Gasteiger partial charge in [0.05, 0.1) is 0 Å². The summed E-state index contributed by atoms with van der Waals surface area (Å²) in [4.78, 5) is 0. The summed E-state index contributed by atoms with van der Waals surface area (Å²) in [5.74, 6) is 0. The molecule has 0 heterocycles. The van der Waals surface area contributed by atoms with Crippen molar-refractivity contribution in [3.05, 3.63) is 66.2 Å². The molecule has 0 amide bonds. The first-order chi connectivity index (χ1) is 13.2. The van der Waals surface area contributed by atoms with Crippen LogP contribution in [0.1, 0.15) is 31.7 Å². The highest BCUT2D eigenvalue weighted by molar-refractivity contribution is 7.44. The van der Waals surface area contributed by atoms with Gasteiger partial charge in [0.25, 0.3) is 0 Å². The molecule has 0 aliphatic rings. The predicted octanol–water partition coefficient (Wildman–Crippen LogP) is 6.91. The average Bonchev–Trinajstić information content (AvgIpc) is 2.67. The average molecular weight is 429 g/mol. The van der Waals surface area contributed by atoms with E-state index in [1.807, 2.05) is 0 Å². The highest BCUT2D eigenvalue weighted by Crippen LogP contribution is 2.32. The van der Waals surface area contributed by atoms with Crippen molar-refractivity contribution >= 4 is 28.9 Å². The molecule has 0 N–H and O–H groups in total. The normalized spacial score (nSPS) is 14.6. The first-order valence-corrected chi connectivity index (χ1v) is 20.7. The molecule has 0 aliphatic carbocycles. The van der Waals surface area contributed by atoms with Crippen molar-refractivity contribution in [1.82, 2.24) is 0 Å². The Hall–Kier alpha value is -0.949. The van der Waals surface area contributed by atoms with Gasteiger partial charge in [0.15, 0.2) is 16.2 Å². The third-order valence-corrected chi connectivity index (χ3v) is 28.2. The van der Waals surface area contributed by atoms with Gasteiger partial charge in [-0.15, -0.1) is 0 Å². The van der Waals surface area contributed by atoms with Crippen molar-refractivity contribution in [2.24, 2.45) is 0 Å². The van der Waals surface area contributed by atoms with Crippen LogP contribution in [0.2, 0.25) is 44.8 Å². The van der Waals surface area contributed by atoms with E-state index in [-0.39, 0.29) is 0 Å². The second-order valence-corrected chi connectivity index (χ2v) is 28.1. The topological polar surface area (TPSA) is 9.23 Å². The Morgan fingerprint density at radius 2 is 1.29 bits per heavy atom. The Kier molecular flexibility index (Phi) is 8.49. The van der Waals surface area contributed by atoms with Gasteiger partial charge in [-0.05, 0) is 50.1 Å². The minimum atomic E-state index is -1.80. The van der Waals surface area contributed by atoms with E-state index in [1.165, 1.54) is 43.3 Å². The molecule has 154 valence electrons. The fourth-order valence-electron chi connectivity index (χ4n) is 4.19. The SMILES string of the molecule is CCCC[Si](C)(O[Si](C)(C)CCCc1ccccc1)[Si](C)(C)c1ccccc1. The van der Waals surface area contributed by atoms with Crippen LogP contribution in [0.15, 0.2) is 60.7 Å². The summed E-state index contributed by atoms with van der Waals surface area (Å²) >= 11 is 0. The van der Waals surface area contributed by atoms with E-state index in [0.717, 1.165) is 0 Å². The molecular formula is C24H40OSi3. The van der Waals surface area contributed by atoms with Crippen LogP contribution < -0.4 is 5.19 Å². The zero-order valence-corrected chi connectivity index (χ0v) is 21.9. The zero-order chi connectivity index (χ0) is 20.7. The summed E-state index contributed by atoms with van der Waals surface area (Å²) in [5, 5.41) is 1.58. The van der Waals surface area contributed by atoms with Gasteiger partial charge in [-0.1, -0.05) is 98.7 Å². The molecule has 0 aliphatic heterocycles. The summed E-state index contributed by atoms with van der Waals surface area (Å²) in [6.07, 6.45) is 4.99. The Bertz CT molecular complexity index is 700. The van der Waals surface area contributed by atoms with Crippen molar-refractivity contribution in [2.75, 3.05) is 0 Å². The fourth-order valence-corrected chi connectivity index (χ4v) is 24.7. The van der Waals surface area contributed by atoms with Crippen molar-refractivity contribution in [1.29, 1.82) is 0 Å². The fraction of sp³-hybridized carbons (Fsp3) is 0.500. The molecule has 0 radical (unpaired) electrons. The highest BCUT2D eigenvalue weighted by Gasteiger charge is 2.49. The van der Waals surface area contributed by atoms with Gasteiger partial charge in [-0.2, -0.15) is 0 Å². The van der Waals surface area contributed by atoms with Gasteiger partial charge in [0, 0.05) is 0 Å². The smallest absolute Gasteiger partial charge is 0.173 e. The molecule has 4 heteroatoms. The van der Waals surface area contributed by atoms with Crippen molar-refractivity contribution in [2.45, 2.75) is 77.4 Å². The van der Waals surface area contributed by atoms with Crippen LogP contribution in [0.3, 0.4) is 0 Å². The lowest BCUT2D eigenvalue weighted by molar-refractivity contribution is 0.540. The van der Waals surface area contributed by atoms with E-state index in [9.17, 15) is 0 Å². The van der Waals surface area contributed by atoms with Crippen LogP contribution in [0.5, 0.6) is 0 Å². The Labute approximate surface area is 176 Å². The first-order valence-electron chi connectivity index (χ1n) is 11.0. The van der Waals surface area contributed by atoms with Gasteiger partial charge in [0.2, 0.25) is 0 Å². The molecule has 1 atom stereocenters. The van der Waals surface area contributed by atoms with Crippen LogP contribution in [-0.4, -0.2) is 23.7 Å². The molecule has 2 aromatic carbocycles. The number of hydrogen-bond acceptors (Lipinski definition) is 1. The number of hydrogen-bond donors (Lipinski definition) is 0. The molecular weight excluding hydrogens is 389 g/mol. The molecule has 2 aromatic rings. The Morgan fingerprint density at radius 1 is 0.714 bits per heavy atom. The van der Waals surface area contributed by atoms with Crippen molar-refractivity contribution in [3.8, 4) is 0 Å². The summed E-state index contributed by atoms with van der Waals surface area (Å²) in [7, 11) is -5.12. The van der Waals surface area contributed by atoms with Crippen molar-refractivity contribution in [3.63, 3.8) is 0 Å². The molecule has 28 heavy (non-hydrogen) atoms. The minimum absolute atomic E-state index is 1.17. The lowest BCUT2D eigenvalue weighted by Gasteiger charge is -2.46. The molecule has 2 rings (SSSR count). The largest absolute Gasteiger partial charge is 0.457 e. The van der Waals surface area contributed by atoms with Crippen LogP contribution in [0.25, 0.3) is 0 Å². The standard InChI is InChI=1S/C24H40OSi3/c1-7-8-22-28(6,27(4,5)24-19-13-10-14-20-24)25-26(2,3)21-15-18-23-16-11-9-12-17-23/h9-14,16-17,19-20H,7-8,15,18,21-22H2,1-6H3. The number of aryl methyl sites for hydroxylation is 1. The van der Waals surface area contributed by atoms with Crippen LogP contribution in [-0.2, 0) is 10.5 Å². The monoisotopic (exact) mass is 428 g/mol. The molecule has 0 aromatic heterocycles. The van der Waals surface area contributed by atoms with E-state index >= 15 is 0 Å². The Balaban J connectivity index is 2.12. The lowest BCUT2D eigenvalue weighted by atomic mass is 10.1. The molecule has 0 spiro atoms. The number of rotatable bonds is 11. The molecule has 1 nitrogen and oxygen atoms in total. The second kappa shape index (κ2) is 10.2. The Morgan fingerprint density at radius 3 is 1.86 bits per heavy atom. The molecule has 1 unspecified atom stereocenters. The van der Waals surface area contributed by atoms with Crippen LogP contribution >= 0.6 is 0 Å². The third-order valence-electron chi connectivity index (χ3n) is 6.41. The lowest BCUT2D eigenvalue weighted by Crippen LogP contribution is -2.68. The quantitative estimate of drug-likeness (QED) is 0.353. The molecule has 0 saturated carbocycles. The molecule has 0 saturated heterocycles. The minimum Gasteiger partial charge on any atom is -0.457 e. The summed E-state index contributed by atoms with van der Waals surface area (Å²) in [6.45, 7) is 14.9. The maximum absolute atomic E-state index is 7.32. The van der Waals surface area contributed by atoms with Gasteiger partial charge in [-0.3, -0.25) is 0 Å². The predicted molar refractivity (Wildman–Crippen MR) is 133 cm³/mol. The van der Waals surface area contributed by atoms with Crippen molar-refractivity contribution < 1.29 is 4.12 Å². The van der Waals surface area contributed by atoms with Gasteiger partial charge >= 0.3 is 0 Å². The van der Waals surface area contributed by atoms with Gasteiger partial charge in [0.1, 0.15) is 7.59 Å². The van der Waals surface area contributed by atoms with E-state index in [2.05, 4.69) is 100 Å². The third kappa shape index (κ3) is 6.28. The van der Waals surface area contributed by atoms with E-state index in [4.69, 9.17) is 4.12 Å². The summed E-state index contributed by atoms with van der Waals surface area (Å²) in [5.41, 5.74) is 1.46. The van der Waals surface area contributed by atoms with Crippen LogP contribution in [0.4, 0.5) is 0 Å².